The van der Waals surface area contributed by atoms with Crippen LogP contribution in [0, 0.1) is 0 Å². The van der Waals surface area contributed by atoms with Gasteiger partial charge in [0.1, 0.15) is 0 Å². The monoisotopic (exact) mass is 450 g/mol. The first-order chi connectivity index (χ1) is 12.4. The van der Waals surface area contributed by atoms with Crippen LogP contribution in [0.3, 0.4) is 0 Å². The highest BCUT2D eigenvalue weighted by molar-refractivity contribution is 7.85. The zero-order valence-electron chi connectivity index (χ0n) is 14.2. The zero-order valence-corrected chi connectivity index (χ0v) is 15.0. The summed E-state index contributed by atoms with van der Waals surface area (Å²) in [6.07, 6.45) is -7.72. The number of carboxylic acid groups (broad SMARTS) is 2. The van der Waals surface area contributed by atoms with Gasteiger partial charge in [-0.3, -0.25) is 4.55 Å². The Bertz CT molecular complexity index is 562. The van der Waals surface area contributed by atoms with Crippen molar-refractivity contribution in [1.82, 2.24) is 4.90 Å². The number of hydrogen-bond donors (Lipinski definition) is 4. The number of likely N-dealkylation sites (tertiary alicyclic amines) is 1. The van der Waals surface area contributed by atoms with Gasteiger partial charge in [0.05, 0.1) is 5.75 Å². The molecular formula is C12H20F6N2O7S. The first-order valence-corrected chi connectivity index (χ1v) is 9.00. The van der Waals surface area contributed by atoms with Gasteiger partial charge in [-0.25, -0.2) is 9.59 Å². The van der Waals surface area contributed by atoms with Crippen LogP contribution in [-0.4, -0.2) is 83.8 Å². The highest BCUT2D eigenvalue weighted by atomic mass is 32.2. The van der Waals surface area contributed by atoms with Crippen LogP contribution < -0.4 is 5.73 Å². The van der Waals surface area contributed by atoms with Crippen LogP contribution >= 0.6 is 0 Å². The average Bonchev–Trinajstić information content (AvgIpc) is 2.47. The van der Waals surface area contributed by atoms with E-state index in [9.17, 15) is 34.8 Å². The predicted molar refractivity (Wildman–Crippen MR) is 82.1 cm³/mol. The Labute approximate surface area is 155 Å². The normalized spacial score (nSPS) is 16.3. The first-order valence-electron chi connectivity index (χ1n) is 7.39. The van der Waals surface area contributed by atoms with Crippen LogP contribution in [0.2, 0.25) is 0 Å². The summed E-state index contributed by atoms with van der Waals surface area (Å²) in [5.74, 6) is -5.66. The fraction of sp³-hybridized carbons (Fsp3) is 0.833. The van der Waals surface area contributed by atoms with Gasteiger partial charge in [0.2, 0.25) is 0 Å². The van der Waals surface area contributed by atoms with Crippen molar-refractivity contribution in [3.05, 3.63) is 0 Å². The molecule has 1 aliphatic rings. The van der Waals surface area contributed by atoms with E-state index in [-0.39, 0.29) is 5.75 Å². The molecule has 0 unspecified atom stereocenters. The molecule has 1 rings (SSSR count). The summed E-state index contributed by atoms with van der Waals surface area (Å²) in [5, 5.41) is 14.2. The second-order valence-electron chi connectivity index (χ2n) is 5.42. The number of piperidine rings is 1. The van der Waals surface area contributed by atoms with Crippen LogP contribution in [0.25, 0.3) is 0 Å². The highest BCUT2D eigenvalue weighted by Crippen LogP contribution is 2.13. The van der Waals surface area contributed by atoms with Gasteiger partial charge in [0.15, 0.2) is 0 Å². The molecule has 0 saturated carbocycles. The topological polar surface area (TPSA) is 158 Å². The highest BCUT2D eigenvalue weighted by Gasteiger charge is 2.38. The number of alkyl halides is 6. The zero-order chi connectivity index (χ0) is 22.8. The van der Waals surface area contributed by atoms with E-state index in [0.29, 0.717) is 12.5 Å². The largest absolute Gasteiger partial charge is 0.490 e. The molecule has 0 aromatic carbocycles. The van der Waals surface area contributed by atoms with E-state index in [1.54, 1.807) is 0 Å². The number of hydrogen-bond acceptors (Lipinski definition) is 6. The van der Waals surface area contributed by atoms with Crippen molar-refractivity contribution >= 4 is 22.1 Å². The smallest absolute Gasteiger partial charge is 0.475 e. The molecule has 1 heterocycles. The Hall–Kier alpha value is -1.65. The molecule has 0 bridgehead atoms. The van der Waals surface area contributed by atoms with Crippen molar-refractivity contribution in [3.63, 3.8) is 0 Å². The predicted octanol–water partition coefficient (Wildman–Crippen LogP) is 0.954. The molecule has 0 aliphatic carbocycles. The molecule has 0 aromatic heterocycles. The molecule has 0 radical (unpaired) electrons. The molecule has 28 heavy (non-hydrogen) atoms. The number of carbonyl (C=O) groups is 2. The lowest BCUT2D eigenvalue weighted by Gasteiger charge is -2.29. The average molecular weight is 450 g/mol. The Morgan fingerprint density at radius 2 is 1.29 bits per heavy atom. The fourth-order valence-electron chi connectivity index (χ4n) is 1.65. The van der Waals surface area contributed by atoms with Gasteiger partial charge in [0, 0.05) is 6.04 Å². The molecule has 0 amide bonds. The number of rotatable bonds is 4. The molecule has 0 spiro atoms. The van der Waals surface area contributed by atoms with E-state index < -0.39 is 34.4 Å². The molecule has 168 valence electrons. The van der Waals surface area contributed by atoms with E-state index in [1.165, 1.54) is 0 Å². The van der Waals surface area contributed by atoms with Gasteiger partial charge in [-0.15, -0.1) is 0 Å². The Morgan fingerprint density at radius 1 is 0.964 bits per heavy atom. The maximum absolute atomic E-state index is 10.6. The van der Waals surface area contributed by atoms with Gasteiger partial charge in [-0.05, 0) is 38.9 Å². The SMILES string of the molecule is NC1CCN(CCCS(=O)(=O)O)CC1.O=C(O)C(F)(F)F.O=C(O)C(F)(F)F. The molecular weight excluding hydrogens is 430 g/mol. The van der Waals surface area contributed by atoms with Crippen LogP contribution in [-0.2, 0) is 19.7 Å². The summed E-state index contributed by atoms with van der Waals surface area (Å²) in [5.41, 5.74) is 5.73. The lowest BCUT2D eigenvalue weighted by Crippen LogP contribution is -2.40. The van der Waals surface area contributed by atoms with Gasteiger partial charge in [0.25, 0.3) is 10.1 Å². The van der Waals surface area contributed by atoms with Crippen molar-refractivity contribution in [2.45, 2.75) is 37.7 Å². The summed E-state index contributed by atoms with van der Waals surface area (Å²) >= 11 is 0. The molecule has 16 heteroatoms. The van der Waals surface area contributed by atoms with Crippen molar-refractivity contribution < 1.29 is 59.1 Å². The second kappa shape index (κ2) is 12.0. The Kier molecular flexibility index (Phi) is 12.3. The summed E-state index contributed by atoms with van der Waals surface area (Å²) < 4.78 is 92.9. The number of carboxylic acids is 2. The van der Waals surface area contributed by atoms with Gasteiger partial charge in [-0.2, -0.15) is 34.8 Å². The first kappa shape index (κ1) is 28.6. The third-order valence-electron chi connectivity index (χ3n) is 2.99. The summed E-state index contributed by atoms with van der Waals surface area (Å²) in [4.78, 5) is 20.0. The second-order valence-corrected chi connectivity index (χ2v) is 7.00. The maximum Gasteiger partial charge on any atom is 0.490 e. The summed E-state index contributed by atoms with van der Waals surface area (Å²) in [7, 11) is -3.79. The van der Waals surface area contributed by atoms with Crippen molar-refractivity contribution in [1.29, 1.82) is 0 Å². The Morgan fingerprint density at radius 3 is 1.54 bits per heavy atom. The minimum absolute atomic E-state index is 0.143. The van der Waals surface area contributed by atoms with Crippen molar-refractivity contribution in [2.24, 2.45) is 5.73 Å². The maximum atomic E-state index is 10.6. The van der Waals surface area contributed by atoms with Crippen molar-refractivity contribution in [3.8, 4) is 0 Å². The van der Waals surface area contributed by atoms with Gasteiger partial charge >= 0.3 is 24.3 Å². The Balaban J connectivity index is 0. The molecule has 1 fully saturated rings. The van der Waals surface area contributed by atoms with Crippen LogP contribution in [0.1, 0.15) is 19.3 Å². The fourth-order valence-corrected chi connectivity index (χ4v) is 2.14. The molecule has 1 saturated heterocycles. The number of nitrogens with two attached hydrogens (primary N) is 1. The van der Waals surface area contributed by atoms with Gasteiger partial charge < -0.3 is 20.8 Å². The van der Waals surface area contributed by atoms with E-state index in [1.807, 2.05) is 0 Å². The molecule has 0 aromatic rings. The number of aliphatic carboxylic acids is 2. The van der Waals surface area contributed by atoms with E-state index in [2.05, 4.69) is 4.90 Å². The van der Waals surface area contributed by atoms with Crippen LogP contribution in [0.5, 0.6) is 0 Å². The number of halogens is 6. The van der Waals surface area contributed by atoms with Crippen LogP contribution in [0.15, 0.2) is 0 Å². The van der Waals surface area contributed by atoms with Crippen molar-refractivity contribution in [2.75, 3.05) is 25.4 Å². The van der Waals surface area contributed by atoms with E-state index in [0.717, 1.165) is 32.5 Å². The quantitative estimate of drug-likeness (QED) is 0.361. The molecule has 5 N–H and O–H groups in total. The lowest BCUT2D eigenvalue weighted by molar-refractivity contribution is -0.193. The molecule has 0 atom stereocenters. The van der Waals surface area contributed by atoms with Crippen LogP contribution in [0.4, 0.5) is 26.3 Å². The molecule has 9 nitrogen and oxygen atoms in total. The summed E-state index contributed by atoms with van der Waals surface area (Å²) in [6.45, 7) is 2.60. The third kappa shape index (κ3) is 17.7. The number of nitrogens with zero attached hydrogens (tertiary/aromatic N) is 1. The third-order valence-corrected chi connectivity index (χ3v) is 3.80. The van der Waals surface area contributed by atoms with Gasteiger partial charge in [-0.1, -0.05) is 0 Å². The minimum atomic E-state index is -5.08. The lowest BCUT2D eigenvalue weighted by atomic mass is 10.1. The summed E-state index contributed by atoms with van der Waals surface area (Å²) in [6, 6.07) is 0.299. The van der Waals surface area contributed by atoms with E-state index >= 15 is 0 Å². The van der Waals surface area contributed by atoms with E-state index in [4.69, 9.17) is 30.1 Å². The molecule has 1 aliphatic heterocycles. The minimum Gasteiger partial charge on any atom is -0.475 e. The standard InChI is InChI=1S/C8H18N2O3S.2C2HF3O2/c9-8-2-5-10(6-3-8)4-1-7-14(11,12)13;2*3-2(4,5)1(6)7/h8H,1-7,9H2,(H,11,12,13);2*(H,6,7).